The SMILES string of the molecule is CCCCCCCCCCC(N)CC1CCC1. The van der Waals surface area contributed by atoms with Crippen molar-refractivity contribution in [2.24, 2.45) is 11.7 Å². The molecule has 0 radical (unpaired) electrons. The van der Waals surface area contributed by atoms with Gasteiger partial charge in [-0.25, -0.2) is 0 Å². The zero-order chi connectivity index (χ0) is 12.3. The summed E-state index contributed by atoms with van der Waals surface area (Å²) in [5.41, 5.74) is 6.16. The first-order chi connectivity index (χ1) is 8.33. The summed E-state index contributed by atoms with van der Waals surface area (Å²) < 4.78 is 0. The molecule has 0 amide bonds. The minimum absolute atomic E-state index is 0.500. The van der Waals surface area contributed by atoms with Crippen LogP contribution >= 0.6 is 0 Å². The van der Waals surface area contributed by atoms with Gasteiger partial charge in [0, 0.05) is 6.04 Å². The maximum Gasteiger partial charge on any atom is 0.00414 e. The van der Waals surface area contributed by atoms with E-state index in [-0.39, 0.29) is 0 Å². The molecular weight excluding hydrogens is 206 g/mol. The van der Waals surface area contributed by atoms with Gasteiger partial charge >= 0.3 is 0 Å². The average molecular weight is 239 g/mol. The summed E-state index contributed by atoms with van der Waals surface area (Å²) in [6, 6.07) is 0.500. The van der Waals surface area contributed by atoms with Crippen LogP contribution in [0.2, 0.25) is 0 Å². The van der Waals surface area contributed by atoms with Crippen LogP contribution in [0.4, 0.5) is 0 Å². The molecule has 1 fully saturated rings. The predicted molar refractivity (Wildman–Crippen MR) is 77.2 cm³/mol. The van der Waals surface area contributed by atoms with E-state index in [1.807, 2.05) is 0 Å². The summed E-state index contributed by atoms with van der Waals surface area (Å²) in [5.74, 6) is 0.985. The fraction of sp³-hybridized carbons (Fsp3) is 1.00. The monoisotopic (exact) mass is 239 g/mol. The van der Waals surface area contributed by atoms with E-state index in [4.69, 9.17) is 5.73 Å². The van der Waals surface area contributed by atoms with Crippen LogP contribution in [0.5, 0.6) is 0 Å². The van der Waals surface area contributed by atoms with Crippen molar-refractivity contribution in [3.63, 3.8) is 0 Å². The predicted octanol–water partition coefficient (Wildman–Crippen LogP) is 5.03. The van der Waals surface area contributed by atoms with Gasteiger partial charge < -0.3 is 5.73 Å². The first-order valence-electron chi connectivity index (χ1n) is 8.08. The molecule has 0 aromatic carbocycles. The second-order valence-corrected chi connectivity index (χ2v) is 6.06. The Morgan fingerprint density at radius 1 is 0.941 bits per heavy atom. The van der Waals surface area contributed by atoms with E-state index in [0.29, 0.717) is 6.04 Å². The lowest BCUT2D eigenvalue weighted by molar-refractivity contribution is 0.270. The summed E-state index contributed by atoms with van der Waals surface area (Å²) in [7, 11) is 0. The van der Waals surface area contributed by atoms with E-state index in [0.717, 1.165) is 5.92 Å². The molecule has 0 aromatic rings. The van der Waals surface area contributed by atoms with Crippen molar-refractivity contribution in [1.29, 1.82) is 0 Å². The molecule has 0 saturated heterocycles. The van der Waals surface area contributed by atoms with Crippen LogP contribution in [-0.4, -0.2) is 6.04 Å². The zero-order valence-electron chi connectivity index (χ0n) is 11.9. The minimum Gasteiger partial charge on any atom is -0.328 e. The smallest absolute Gasteiger partial charge is 0.00414 e. The fourth-order valence-electron chi connectivity index (χ4n) is 2.81. The van der Waals surface area contributed by atoms with Crippen molar-refractivity contribution in [3.05, 3.63) is 0 Å². The largest absolute Gasteiger partial charge is 0.328 e. The van der Waals surface area contributed by atoms with Gasteiger partial charge in [-0.15, -0.1) is 0 Å². The van der Waals surface area contributed by atoms with E-state index in [9.17, 15) is 0 Å². The molecule has 1 unspecified atom stereocenters. The van der Waals surface area contributed by atoms with Gasteiger partial charge in [0.1, 0.15) is 0 Å². The van der Waals surface area contributed by atoms with Crippen molar-refractivity contribution < 1.29 is 0 Å². The molecule has 1 nitrogen and oxygen atoms in total. The third kappa shape index (κ3) is 7.81. The van der Waals surface area contributed by atoms with Gasteiger partial charge in [-0.1, -0.05) is 77.6 Å². The standard InChI is InChI=1S/C16H33N/c1-2-3-4-5-6-7-8-9-13-16(17)14-15-11-10-12-15/h15-16H,2-14,17H2,1H3. The Morgan fingerprint density at radius 2 is 1.53 bits per heavy atom. The summed E-state index contributed by atoms with van der Waals surface area (Å²) in [5, 5.41) is 0. The Kier molecular flexibility index (Phi) is 8.78. The molecule has 0 spiro atoms. The van der Waals surface area contributed by atoms with Gasteiger partial charge in [-0.05, 0) is 18.8 Å². The quantitative estimate of drug-likeness (QED) is 0.502. The van der Waals surface area contributed by atoms with Crippen LogP contribution in [0.25, 0.3) is 0 Å². The van der Waals surface area contributed by atoms with Crippen molar-refractivity contribution in [2.45, 2.75) is 96.4 Å². The normalized spacial score (nSPS) is 18.0. The first-order valence-corrected chi connectivity index (χ1v) is 8.08. The molecule has 1 atom stereocenters. The second-order valence-electron chi connectivity index (χ2n) is 6.06. The van der Waals surface area contributed by atoms with E-state index < -0.39 is 0 Å². The maximum atomic E-state index is 6.16. The molecule has 0 aromatic heterocycles. The van der Waals surface area contributed by atoms with Crippen LogP contribution in [0, 0.1) is 5.92 Å². The maximum absolute atomic E-state index is 6.16. The summed E-state index contributed by atoms with van der Waals surface area (Å²) in [6.07, 6.45) is 18.2. The van der Waals surface area contributed by atoms with Gasteiger partial charge in [0.25, 0.3) is 0 Å². The molecule has 2 N–H and O–H groups in total. The number of hydrogen-bond acceptors (Lipinski definition) is 1. The lowest BCUT2D eigenvalue weighted by atomic mass is 9.80. The number of rotatable bonds is 11. The molecule has 0 bridgehead atoms. The third-order valence-electron chi connectivity index (χ3n) is 4.29. The Balaban J connectivity index is 1.76. The highest BCUT2D eigenvalue weighted by Gasteiger charge is 2.19. The Hall–Kier alpha value is -0.0400. The van der Waals surface area contributed by atoms with Crippen LogP contribution in [0.15, 0.2) is 0 Å². The summed E-state index contributed by atoms with van der Waals surface area (Å²) in [6.45, 7) is 2.28. The van der Waals surface area contributed by atoms with Gasteiger partial charge in [0.05, 0.1) is 0 Å². The van der Waals surface area contributed by atoms with Gasteiger partial charge in [-0.3, -0.25) is 0 Å². The number of unbranched alkanes of at least 4 members (excludes halogenated alkanes) is 7. The third-order valence-corrected chi connectivity index (χ3v) is 4.29. The molecule has 1 rings (SSSR count). The molecule has 1 aliphatic rings. The molecule has 0 heterocycles. The van der Waals surface area contributed by atoms with E-state index >= 15 is 0 Å². The van der Waals surface area contributed by atoms with Crippen molar-refractivity contribution in [1.82, 2.24) is 0 Å². The van der Waals surface area contributed by atoms with Gasteiger partial charge in [-0.2, -0.15) is 0 Å². The number of nitrogens with two attached hydrogens (primary N) is 1. The lowest BCUT2D eigenvalue weighted by Crippen LogP contribution is -2.26. The highest BCUT2D eigenvalue weighted by atomic mass is 14.6. The Bertz CT molecular complexity index is 163. The van der Waals surface area contributed by atoms with Crippen LogP contribution < -0.4 is 5.73 Å². The summed E-state index contributed by atoms with van der Waals surface area (Å²) in [4.78, 5) is 0. The molecule has 1 aliphatic carbocycles. The Labute approximate surface area is 109 Å². The van der Waals surface area contributed by atoms with Crippen molar-refractivity contribution >= 4 is 0 Å². The topological polar surface area (TPSA) is 26.0 Å². The van der Waals surface area contributed by atoms with Crippen LogP contribution in [-0.2, 0) is 0 Å². The van der Waals surface area contributed by atoms with Crippen LogP contribution in [0.1, 0.15) is 90.4 Å². The highest BCUT2D eigenvalue weighted by molar-refractivity contribution is 4.75. The molecular formula is C16H33N. The fourth-order valence-corrected chi connectivity index (χ4v) is 2.81. The van der Waals surface area contributed by atoms with Crippen molar-refractivity contribution in [3.8, 4) is 0 Å². The molecule has 1 saturated carbocycles. The minimum atomic E-state index is 0.500. The second kappa shape index (κ2) is 9.94. The Morgan fingerprint density at radius 3 is 2.06 bits per heavy atom. The molecule has 1 heteroatoms. The summed E-state index contributed by atoms with van der Waals surface area (Å²) >= 11 is 0. The van der Waals surface area contributed by atoms with Crippen molar-refractivity contribution in [2.75, 3.05) is 0 Å². The first kappa shape index (κ1) is 15.0. The van der Waals surface area contributed by atoms with E-state index in [2.05, 4.69) is 6.92 Å². The number of hydrogen-bond donors (Lipinski definition) is 1. The van der Waals surface area contributed by atoms with Gasteiger partial charge in [0.15, 0.2) is 0 Å². The van der Waals surface area contributed by atoms with Crippen LogP contribution in [0.3, 0.4) is 0 Å². The highest BCUT2D eigenvalue weighted by Crippen LogP contribution is 2.30. The molecule has 102 valence electrons. The average Bonchev–Trinajstić information content (AvgIpc) is 2.27. The molecule has 17 heavy (non-hydrogen) atoms. The zero-order valence-corrected chi connectivity index (χ0v) is 11.9. The van der Waals surface area contributed by atoms with E-state index in [1.165, 1.54) is 83.5 Å². The van der Waals surface area contributed by atoms with E-state index in [1.54, 1.807) is 0 Å². The lowest BCUT2D eigenvalue weighted by Gasteiger charge is -2.28. The molecule has 0 aliphatic heterocycles. The van der Waals surface area contributed by atoms with Gasteiger partial charge in [0.2, 0.25) is 0 Å².